The number of hydrogen-bond acceptors (Lipinski definition) is 7. The van der Waals surface area contributed by atoms with Gasteiger partial charge in [0.1, 0.15) is 0 Å². The Labute approximate surface area is 71.8 Å². The van der Waals surface area contributed by atoms with Crippen LogP contribution in [0.2, 0.25) is 0 Å². The fourth-order valence-electron chi connectivity index (χ4n) is 0.477. The van der Waals surface area contributed by atoms with Gasteiger partial charge in [0.05, 0.1) is 12.8 Å². The first-order valence-corrected chi connectivity index (χ1v) is 4.60. The van der Waals surface area contributed by atoms with Crippen LogP contribution < -0.4 is 0 Å². The van der Waals surface area contributed by atoms with E-state index < -0.39 is 19.8 Å². The molecule has 0 aromatic rings. The van der Waals surface area contributed by atoms with Crippen LogP contribution in [0, 0.1) is 0 Å². The van der Waals surface area contributed by atoms with Crippen LogP contribution in [0.25, 0.3) is 0 Å². The van der Waals surface area contributed by atoms with Gasteiger partial charge in [0.25, 0.3) is 0 Å². The van der Waals surface area contributed by atoms with E-state index in [2.05, 4.69) is 19.1 Å². The fourth-order valence-corrected chi connectivity index (χ4v) is 0.857. The lowest BCUT2D eigenvalue weighted by Gasteiger charge is -2.05. The van der Waals surface area contributed by atoms with Crippen LogP contribution in [-0.4, -0.2) is 16.8 Å². The Bertz CT molecular complexity index is 247. The first kappa shape index (κ1) is 10.1. The van der Waals surface area contributed by atoms with Crippen molar-refractivity contribution in [2.45, 2.75) is 12.8 Å². The molecule has 1 heterocycles. The first-order valence-electron chi connectivity index (χ1n) is 3.10. The average molecular weight is 212 g/mol. The lowest BCUT2D eigenvalue weighted by atomic mass is 10.3. The van der Waals surface area contributed by atoms with Crippen molar-refractivity contribution in [3.8, 4) is 0 Å². The lowest BCUT2D eigenvalue weighted by Crippen LogP contribution is -2.05. The standard InChI is InChI=1S/C4H5O8P/c5-3-1-2-4(6)10-12-13(7,8)11-9-3/h1-2H2,(H,7,8). The van der Waals surface area contributed by atoms with Gasteiger partial charge in [0, 0.05) is 0 Å². The lowest BCUT2D eigenvalue weighted by molar-refractivity contribution is -0.254. The minimum Gasteiger partial charge on any atom is -0.298 e. The molecule has 0 aromatic heterocycles. The molecule has 74 valence electrons. The van der Waals surface area contributed by atoms with Crippen molar-refractivity contribution < 1.29 is 38.2 Å². The summed E-state index contributed by atoms with van der Waals surface area (Å²) in [5.74, 6) is -1.92. The molecular formula is C4H5O8P. The molecule has 1 aliphatic rings. The van der Waals surface area contributed by atoms with Gasteiger partial charge in [-0.05, 0) is 0 Å². The van der Waals surface area contributed by atoms with Crippen LogP contribution in [0.15, 0.2) is 0 Å². The summed E-state index contributed by atoms with van der Waals surface area (Å²) in [6.45, 7) is 0. The van der Waals surface area contributed by atoms with E-state index in [-0.39, 0.29) is 12.8 Å². The number of hydrogen-bond donors (Lipinski definition) is 1. The van der Waals surface area contributed by atoms with Crippen LogP contribution in [0.4, 0.5) is 0 Å². The Hall–Kier alpha value is -0.950. The van der Waals surface area contributed by atoms with Crippen molar-refractivity contribution >= 4 is 19.8 Å². The summed E-state index contributed by atoms with van der Waals surface area (Å²) in [7, 11) is -4.65. The zero-order valence-corrected chi connectivity index (χ0v) is 7.06. The van der Waals surface area contributed by atoms with Gasteiger partial charge in [-0.15, -0.1) is 0 Å². The molecule has 0 unspecified atom stereocenters. The monoisotopic (exact) mass is 212 g/mol. The third-order valence-corrected chi connectivity index (χ3v) is 1.51. The van der Waals surface area contributed by atoms with Gasteiger partial charge >= 0.3 is 19.8 Å². The summed E-state index contributed by atoms with van der Waals surface area (Å²) in [6.07, 6.45) is -0.635. The highest BCUT2D eigenvalue weighted by Crippen LogP contribution is 2.44. The summed E-state index contributed by atoms with van der Waals surface area (Å²) < 4.78 is 18.0. The average Bonchev–Trinajstić information content (AvgIpc) is 2.11. The van der Waals surface area contributed by atoms with Crippen LogP contribution in [0.5, 0.6) is 0 Å². The summed E-state index contributed by atoms with van der Waals surface area (Å²) in [5, 5.41) is 0. The molecule has 0 bridgehead atoms. The molecular weight excluding hydrogens is 207 g/mol. The van der Waals surface area contributed by atoms with Crippen molar-refractivity contribution in [2.24, 2.45) is 0 Å². The quantitative estimate of drug-likeness (QED) is 0.435. The molecule has 0 amide bonds. The summed E-state index contributed by atoms with van der Waals surface area (Å²) in [5.41, 5.74) is 0. The predicted molar refractivity (Wildman–Crippen MR) is 33.4 cm³/mol. The molecule has 0 radical (unpaired) electrons. The predicted octanol–water partition coefficient (Wildman–Crippen LogP) is -0.170. The molecule has 1 fully saturated rings. The Morgan fingerprint density at radius 1 is 1.08 bits per heavy atom. The van der Waals surface area contributed by atoms with Gasteiger partial charge in [0.15, 0.2) is 0 Å². The largest absolute Gasteiger partial charge is 0.544 e. The molecule has 0 atom stereocenters. The summed E-state index contributed by atoms with van der Waals surface area (Å²) >= 11 is 0. The van der Waals surface area contributed by atoms with E-state index in [1.165, 1.54) is 0 Å². The third-order valence-electron chi connectivity index (χ3n) is 0.982. The van der Waals surface area contributed by atoms with Gasteiger partial charge in [0.2, 0.25) is 0 Å². The van der Waals surface area contributed by atoms with E-state index in [1.807, 2.05) is 0 Å². The number of carbonyl (C=O) groups is 2. The second kappa shape index (κ2) is 3.84. The SMILES string of the molecule is O=C1CCC(=O)OOP(=O)(O)OO1. The minimum absolute atomic E-state index is 0.317. The summed E-state index contributed by atoms with van der Waals surface area (Å²) in [4.78, 5) is 37.4. The fraction of sp³-hybridized carbons (Fsp3) is 0.500. The zero-order chi connectivity index (χ0) is 9.90. The summed E-state index contributed by atoms with van der Waals surface area (Å²) in [6, 6.07) is 0. The van der Waals surface area contributed by atoms with Crippen molar-refractivity contribution in [1.82, 2.24) is 0 Å². The second-order valence-corrected chi connectivity index (χ2v) is 3.26. The Kier molecular flexibility index (Phi) is 2.99. The van der Waals surface area contributed by atoms with E-state index in [4.69, 9.17) is 4.89 Å². The first-order chi connectivity index (χ1) is 5.99. The van der Waals surface area contributed by atoms with E-state index in [0.717, 1.165) is 0 Å². The van der Waals surface area contributed by atoms with Crippen molar-refractivity contribution in [1.29, 1.82) is 0 Å². The molecule has 8 nitrogen and oxygen atoms in total. The number of carbonyl (C=O) groups excluding carboxylic acids is 2. The van der Waals surface area contributed by atoms with Crippen molar-refractivity contribution in [3.05, 3.63) is 0 Å². The molecule has 13 heavy (non-hydrogen) atoms. The molecule has 1 N–H and O–H groups in total. The molecule has 0 aromatic carbocycles. The van der Waals surface area contributed by atoms with E-state index in [0.29, 0.717) is 0 Å². The Morgan fingerprint density at radius 3 is 1.85 bits per heavy atom. The Morgan fingerprint density at radius 2 is 1.46 bits per heavy atom. The van der Waals surface area contributed by atoms with Gasteiger partial charge in [-0.25, -0.2) is 14.2 Å². The van der Waals surface area contributed by atoms with Gasteiger partial charge in [-0.2, -0.15) is 0 Å². The highest BCUT2D eigenvalue weighted by molar-refractivity contribution is 7.47. The van der Waals surface area contributed by atoms with Gasteiger partial charge < -0.3 is 0 Å². The maximum absolute atomic E-state index is 10.6. The molecule has 1 aliphatic heterocycles. The Balaban J connectivity index is 2.65. The van der Waals surface area contributed by atoms with Crippen LogP contribution in [0.3, 0.4) is 0 Å². The highest BCUT2D eigenvalue weighted by atomic mass is 31.2. The van der Waals surface area contributed by atoms with Gasteiger partial charge in [-0.1, -0.05) is 9.35 Å². The van der Waals surface area contributed by atoms with Gasteiger partial charge in [-0.3, -0.25) is 14.7 Å². The van der Waals surface area contributed by atoms with Crippen molar-refractivity contribution in [2.75, 3.05) is 0 Å². The van der Waals surface area contributed by atoms with Crippen LogP contribution in [-0.2, 0) is 33.3 Å². The van der Waals surface area contributed by atoms with E-state index >= 15 is 0 Å². The minimum atomic E-state index is -4.65. The highest BCUT2D eigenvalue weighted by Gasteiger charge is 2.30. The smallest absolute Gasteiger partial charge is 0.298 e. The molecule has 9 heteroatoms. The number of phosphoric acid groups is 1. The molecule has 0 aliphatic carbocycles. The second-order valence-electron chi connectivity index (χ2n) is 2.03. The van der Waals surface area contributed by atoms with E-state index in [1.54, 1.807) is 0 Å². The maximum Gasteiger partial charge on any atom is 0.544 e. The van der Waals surface area contributed by atoms with E-state index in [9.17, 15) is 14.2 Å². The third kappa shape index (κ3) is 3.51. The zero-order valence-electron chi connectivity index (χ0n) is 6.17. The van der Waals surface area contributed by atoms with Crippen molar-refractivity contribution in [3.63, 3.8) is 0 Å². The number of rotatable bonds is 0. The molecule has 1 saturated heterocycles. The van der Waals surface area contributed by atoms with Crippen LogP contribution in [0.1, 0.15) is 12.8 Å². The molecule has 0 spiro atoms. The molecule has 0 saturated carbocycles. The molecule has 1 rings (SSSR count). The van der Waals surface area contributed by atoms with Crippen LogP contribution >= 0.6 is 7.82 Å². The normalized spacial score (nSPS) is 23.5. The maximum atomic E-state index is 10.6. The topological polar surface area (TPSA) is 108 Å².